The number of nitrogens with one attached hydrogen (secondary N) is 2. The minimum absolute atomic E-state index is 0.0629. The fraction of sp³-hybridized carbons (Fsp3) is 0.185. The van der Waals surface area contributed by atoms with E-state index in [4.69, 9.17) is 18.9 Å². The van der Waals surface area contributed by atoms with Gasteiger partial charge in [0.05, 0.1) is 28.4 Å². The lowest BCUT2D eigenvalue weighted by atomic mass is 10.1. The van der Waals surface area contributed by atoms with E-state index in [-0.39, 0.29) is 5.70 Å². The Kier molecular flexibility index (Phi) is 8.72. The van der Waals surface area contributed by atoms with Gasteiger partial charge in [-0.15, -0.1) is 0 Å². The molecule has 0 aromatic heterocycles. The van der Waals surface area contributed by atoms with Crippen LogP contribution in [0.5, 0.6) is 23.0 Å². The molecule has 2 amide bonds. The highest BCUT2D eigenvalue weighted by molar-refractivity contribution is 6.05. The predicted octanol–water partition coefficient (Wildman–Crippen LogP) is 3.81. The molecule has 0 aliphatic rings. The number of carbonyl (C=O) groups is 2. The molecule has 3 rings (SSSR count). The number of benzene rings is 3. The lowest BCUT2D eigenvalue weighted by molar-refractivity contribution is -0.117. The van der Waals surface area contributed by atoms with Crippen LogP contribution in [0.1, 0.15) is 21.5 Å². The normalized spacial score (nSPS) is 10.8. The Hall–Kier alpha value is -4.46. The van der Waals surface area contributed by atoms with Gasteiger partial charge in [0, 0.05) is 12.1 Å². The van der Waals surface area contributed by atoms with E-state index in [2.05, 4.69) is 10.6 Å². The molecule has 8 nitrogen and oxygen atoms in total. The monoisotopic (exact) mass is 476 g/mol. The molecule has 0 saturated carbocycles. The third-order valence-electron chi connectivity index (χ3n) is 5.15. The van der Waals surface area contributed by atoms with E-state index >= 15 is 0 Å². The molecule has 3 aromatic rings. The number of hydrogen-bond donors (Lipinski definition) is 2. The van der Waals surface area contributed by atoms with Crippen LogP contribution in [0.2, 0.25) is 0 Å². The highest BCUT2D eigenvalue weighted by Crippen LogP contribution is 2.29. The van der Waals surface area contributed by atoms with E-state index < -0.39 is 11.8 Å². The van der Waals surface area contributed by atoms with Crippen molar-refractivity contribution in [2.24, 2.45) is 0 Å². The summed E-state index contributed by atoms with van der Waals surface area (Å²) in [5, 5.41) is 5.56. The Morgan fingerprint density at radius 1 is 0.743 bits per heavy atom. The van der Waals surface area contributed by atoms with E-state index in [0.29, 0.717) is 40.7 Å². The zero-order valence-corrected chi connectivity index (χ0v) is 20.1. The standard InChI is InChI=1S/C27H28N2O6/c1-32-22-12-10-19(15-24(22)34-3)14-21(27(31)28-17-18-8-6-5-7-9-18)29-26(30)20-11-13-23(33-2)25(16-20)35-4/h5-16H,17H2,1-4H3,(H,28,31)(H,29,30)/b21-14-. The maximum Gasteiger partial charge on any atom is 0.268 e. The zero-order valence-electron chi connectivity index (χ0n) is 20.1. The average molecular weight is 477 g/mol. The van der Waals surface area contributed by atoms with Crippen LogP contribution in [0.4, 0.5) is 0 Å². The average Bonchev–Trinajstić information content (AvgIpc) is 2.91. The van der Waals surface area contributed by atoms with Gasteiger partial charge in [0.2, 0.25) is 0 Å². The summed E-state index contributed by atoms with van der Waals surface area (Å²) in [4.78, 5) is 26.1. The fourth-order valence-corrected chi connectivity index (χ4v) is 3.31. The van der Waals surface area contributed by atoms with Crippen molar-refractivity contribution in [3.05, 3.63) is 89.1 Å². The summed E-state index contributed by atoms with van der Waals surface area (Å²) in [5.41, 5.74) is 1.93. The molecule has 0 fully saturated rings. The van der Waals surface area contributed by atoms with Gasteiger partial charge in [-0.25, -0.2) is 0 Å². The van der Waals surface area contributed by atoms with Crippen molar-refractivity contribution in [1.82, 2.24) is 10.6 Å². The van der Waals surface area contributed by atoms with Crippen LogP contribution in [0.3, 0.4) is 0 Å². The number of carbonyl (C=O) groups excluding carboxylic acids is 2. The molecule has 182 valence electrons. The van der Waals surface area contributed by atoms with Crippen LogP contribution in [0.25, 0.3) is 6.08 Å². The van der Waals surface area contributed by atoms with Gasteiger partial charge in [0.15, 0.2) is 23.0 Å². The van der Waals surface area contributed by atoms with Crippen LogP contribution in [0, 0.1) is 0 Å². The summed E-state index contributed by atoms with van der Waals surface area (Å²) in [6.45, 7) is 0.301. The second kappa shape index (κ2) is 12.1. The Morgan fingerprint density at radius 3 is 1.97 bits per heavy atom. The molecule has 0 aliphatic heterocycles. The molecule has 2 N–H and O–H groups in total. The summed E-state index contributed by atoms with van der Waals surface area (Å²) in [5.74, 6) is 1.01. The maximum atomic E-state index is 13.1. The molecule has 0 unspecified atom stereocenters. The lowest BCUT2D eigenvalue weighted by Crippen LogP contribution is -2.34. The van der Waals surface area contributed by atoms with Crippen LogP contribution >= 0.6 is 0 Å². The summed E-state index contributed by atoms with van der Waals surface area (Å²) in [6.07, 6.45) is 1.57. The highest BCUT2D eigenvalue weighted by atomic mass is 16.5. The third-order valence-corrected chi connectivity index (χ3v) is 5.15. The Balaban J connectivity index is 1.90. The molecule has 0 heterocycles. The zero-order chi connectivity index (χ0) is 25.2. The van der Waals surface area contributed by atoms with Crippen molar-refractivity contribution in [1.29, 1.82) is 0 Å². The predicted molar refractivity (Wildman–Crippen MR) is 133 cm³/mol. The SMILES string of the molecule is COc1ccc(/C=C(\NC(=O)c2ccc(OC)c(OC)c2)C(=O)NCc2ccccc2)cc1OC. The molecule has 8 heteroatoms. The number of hydrogen-bond acceptors (Lipinski definition) is 6. The first-order chi connectivity index (χ1) is 17.0. The second-order valence-electron chi connectivity index (χ2n) is 7.36. The minimum Gasteiger partial charge on any atom is -0.493 e. The topological polar surface area (TPSA) is 95.1 Å². The van der Waals surface area contributed by atoms with Gasteiger partial charge < -0.3 is 29.6 Å². The van der Waals surface area contributed by atoms with E-state index in [0.717, 1.165) is 5.56 Å². The summed E-state index contributed by atoms with van der Waals surface area (Å²) < 4.78 is 21.1. The first-order valence-electron chi connectivity index (χ1n) is 10.8. The van der Waals surface area contributed by atoms with Gasteiger partial charge in [0.25, 0.3) is 11.8 Å². The summed E-state index contributed by atoms with van der Waals surface area (Å²) >= 11 is 0. The Morgan fingerprint density at radius 2 is 1.34 bits per heavy atom. The van der Waals surface area contributed by atoms with Gasteiger partial charge in [-0.1, -0.05) is 36.4 Å². The lowest BCUT2D eigenvalue weighted by Gasteiger charge is -2.13. The van der Waals surface area contributed by atoms with Gasteiger partial charge in [-0.05, 0) is 47.5 Å². The molecule has 35 heavy (non-hydrogen) atoms. The van der Waals surface area contributed by atoms with Crippen LogP contribution in [0.15, 0.2) is 72.4 Å². The molecule has 0 bridgehead atoms. The summed E-state index contributed by atoms with van der Waals surface area (Å²) in [7, 11) is 6.06. The van der Waals surface area contributed by atoms with Gasteiger partial charge >= 0.3 is 0 Å². The first kappa shape index (κ1) is 25.2. The molecule has 0 spiro atoms. The van der Waals surface area contributed by atoms with Crippen molar-refractivity contribution in [3.63, 3.8) is 0 Å². The van der Waals surface area contributed by atoms with E-state index in [1.165, 1.54) is 21.3 Å². The van der Waals surface area contributed by atoms with E-state index in [9.17, 15) is 9.59 Å². The van der Waals surface area contributed by atoms with E-state index in [1.807, 2.05) is 30.3 Å². The molecule has 3 aromatic carbocycles. The number of rotatable bonds is 10. The van der Waals surface area contributed by atoms with Gasteiger partial charge in [-0.2, -0.15) is 0 Å². The molecular weight excluding hydrogens is 448 g/mol. The van der Waals surface area contributed by atoms with Crippen LogP contribution in [-0.4, -0.2) is 40.3 Å². The third kappa shape index (κ3) is 6.54. The largest absolute Gasteiger partial charge is 0.493 e. The highest BCUT2D eigenvalue weighted by Gasteiger charge is 2.17. The van der Waals surface area contributed by atoms with Crippen LogP contribution in [-0.2, 0) is 11.3 Å². The maximum absolute atomic E-state index is 13.1. The number of methoxy groups -OCH3 is 4. The van der Waals surface area contributed by atoms with Crippen molar-refractivity contribution >= 4 is 17.9 Å². The number of ether oxygens (including phenoxy) is 4. The smallest absolute Gasteiger partial charge is 0.268 e. The van der Waals surface area contributed by atoms with E-state index in [1.54, 1.807) is 49.6 Å². The Labute approximate surface area is 204 Å². The molecule has 0 saturated heterocycles. The number of amides is 2. The Bertz CT molecular complexity index is 1210. The van der Waals surface area contributed by atoms with Gasteiger partial charge in [-0.3, -0.25) is 9.59 Å². The fourth-order valence-electron chi connectivity index (χ4n) is 3.31. The molecule has 0 radical (unpaired) electrons. The van der Waals surface area contributed by atoms with Crippen molar-refractivity contribution in [2.45, 2.75) is 6.54 Å². The minimum atomic E-state index is -0.479. The first-order valence-corrected chi connectivity index (χ1v) is 10.8. The molecule has 0 aliphatic carbocycles. The van der Waals surface area contributed by atoms with Crippen molar-refractivity contribution in [2.75, 3.05) is 28.4 Å². The summed E-state index contributed by atoms with van der Waals surface area (Å²) in [6, 6.07) is 19.4. The quantitative estimate of drug-likeness (QED) is 0.432. The molecule has 0 atom stereocenters. The van der Waals surface area contributed by atoms with Crippen molar-refractivity contribution < 1.29 is 28.5 Å². The second-order valence-corrected chi connectivity index (χ2v) is 7.36. The molecular formula is C27H28N2O6. The van der Waals surface area contributed by atoms with Crippen molar-refractivity contribution in [3.8, 4) is 23.0 Å². The van der Waals surface area contributed by atoms with Gasteiger partial charge in [0.1, 0.15) is 5.70 Å². The van der Waals surface area contributed by atoms with Crippen LogP contribution < -0.4 is 29.6 Å².